The van der Waals surface area contributed by atoms with Gasteiger partial charge in [0.1, 0.15) is 19.6 Å². The minimum Gasteiger partial charge on any atom is -0.496 e. The lowest BCUT2D eigenvalue weighted by Gasteiger charge is -2.31. The van der Waals surface area contributed by atoms with E-state index in [2.05, 4.69) is 75.5 Å². The summed E-state index contributed by atoms with van der Waals surface area (Å²) in [5, 5.41) is 3.03. The Kier molecular flexibility index (Phi) is 4.30. The zero-order valence-electron chi connectivity index (χ0n) is 17.1. The SMILES string of the molecule is COC1=CC(C)c2c1cccc2[Si](C)(C)c1cccc2c1C(C)C=C2OC. The van der Waals surface area contributed by atoms with E-state index in [1.54, 1.807) is 14.2 Å². The lowest BCUT2D eigenvalue weighted by molar-refractivity contribution is 0.370. The molecule has 4 rings (SSSR count). The predicted molar refractivity (Wildman–Crippen MR) is 116 cm³/mol. The fourth-order valence-corrected chi connectivity index (χ4v) is 8.32. The van der Waals surface area contributed by atoms with Crippen molar-refractivity contribution in [2.45, 2.75) is 38.8 Å². The van der Waals surface area contributed by atoms with Crippen LogP contribution in [0.2, 0.25) is 13.1 Å². The van der Waals surface area contributed by atoms with Crippen molar-refractivity contribution in [1.29, 1.82) is 0 Å². The largest absolute Gasteiger partial charge is 0.496 e. The number of rotatable bonds is 4. The first-order valence-electron chi connectivity index (χ1n) is 9.69. The molecule has 0 bridgehead atoms. The molecule has 140 valence electrons. The van der Waals surface area contributed by atoms with Gasteiger partial charge in [-0.3, -0.25) is 0 Å². The number of benzene rings is 2. The molecule has 2 aromatic rings. The molecule has 2 atom stereocenters. The molecule has 0 amide bonds. The fraction of sp³-hybridized carbons (Fsp3) is 0.333. The molecule has 2 aromatic carbocycles. The summed E-state index contributed by atoms with van der Waals surface area (Å²) in [4.78, 5) is 0. The minimum absolute atomic E-state index is 0.389. The van der Waals surface area contributed by atoms with Gasteiger partial charge in [-0.15, -0.1) is 0 Å². The smallest absolute Gasteiger partial charge is 0.123 e. The predicted octanol–water partition coefficient (Wildman–Crippen LogP) is 4.72. The average Bonchev–Trinajstić information content (AvgIpc) is 3.18. The van der Waals surface area contributed by atoms with Gasteiger partial charge in [-0.05, 0) is 23.3 Å². The van der Waals surface area contributed by atoms with Gasteiger partial charge in [0.15, 0.2) is 0 Å². The quantitative estimate of drug-likeness (QED) is 0.719. The maximum absolute atomic E-state index is 5.65. The van der Waals surface area contributed by atoms with E-state index in [4.69, 9.17) is 9.47 Å². The summed E-state index contributed by atoms with van der Waals surface area (Å²) in [5.74, 6) is 2.80. The Labute approximate surface area is 163 Å². The van der Waals surface area contributed by atoms with Gasteiger partial charge in [-0.25, -0.2) is 0 Å². The molecule has 0 saturated carbocycles. The summed E-state index contributed by atoms with van der Waals surface area (Å²) in [6.07, 6.45) is 4.50. The van der Waals surface area contributed by atoms with E-state index in [1.807, 2.05) is 0 Å². The van der Waals surface area contributed by atoms with Crippen molar-refractivity contribution >= 4 is 30.0 Å². The maximum atomic E-state index is 5.65. The van der Waals surface area contributed by atoms with Crippen LogP contribution in [0.25, 0.3) is 11.5 Å². The van der Waals surface area contributed by atoms with E-state index in [1.165, 1.54) is 32.6 Å². The van der Waals surface area contributed by atoms with Gasteiger partial charge in [-0.1, -0.05) is 73.7 Å². The highest BCUT2D eigenvalue weighted by molar-refractivity contribution is 7.01. The van der Waals surface area contributed by atoms with Crippen LogP contribution < -0.4 is 10.4 Å². The third kappa shape index (κ3) is 2.60. The van der Waals surface area contributed by atoms with Crippen LogP contribution >= 0.6 is 0 Å². The average molecular weight is 377 g/mol. The van der Waals surface area contributed by atoms with Crippen molar-refractivity contribution in [3.05, 3.63) is 70.8 Å². The van der Waals surface area contributed by atoms with Crippen LogP contribution in [-0.4, -0.2) is 22.3 Å². The summed E-state index contributed by atoms with van der Waals surface area (Å²) in [5.41, 5.74) is 5.43. The van der Waals surface area contributed by atoms with Gasteiger partial charge in [0, 0.05) is 23.0 Å². The van der Waals surface area contributed by atoms with Crippen LogP contribution in [0.3, 0.4) is 0 Å². The monoisotopic (exact) mass is 376 g/mol. The molecule has 0 spiro atoms. The van der Waals surface area contributed by atoms with Gasteiger partial charge in [-0.2, -0.15) is 0 Å². The number of allylic oxidation sites excluding steroid dienone is 2. The Morgan fingerprint density at radius 3 is 1.48 bits per heavy atom. The summed E-state index contributed by atoms with van der Waals surface area (Å²) >= 11 is 0. The first kappa shape index (κ1) is 18.1. The molecule has 27 heavy (non-hydrogen) atoms. The van der Waals surface area contributed by atoms with E-state index in [0.29, 0.717) is 11.8 Å². The topological polar surface area (TPSA) is 18.5 Å². The summed E-state index contributed by atoms with van der Waals surface area (Å²) in [7, 11) is 1.63. The fourth-order valence-electron chi connectivity index (χ4n) is 4.93. The highest BCUT2D eigenvalue weighted by atomic mass is 28.3. The first-order valence-corrected chi connectivity index (χ1v) is 12.7. The van der Waals surface area contributed by atoms with Crippen molar-refractivity contribution in [2.24, 2.45) is 0 Å². The molecule has 3 heteroatoms. The molecule has 0 radical (unpaired) electrons. The summed E-state index contributed by atoms with van der Waals surface area (Å²) < 4.78 is 11.3. The Morgan fingerprint density at radius 1 is 0.704 bits per heavy atom. The molecule has 2 nitrogen and oxygen atoms in total. The molecule has 2 aliphatic rings. The Bertz CT molecular complexity index is 891. The van der Waals surface area contributed by atoms with Gasteiger partial charge in [0.25, 0.3) is 0 Å². The highest BCUT2D eigenvalue weighted by Gasteiger charge is 2.37. The minimum atomic E-state index is -1.92. The van der Waals surface area contributed by atoms with Crippen LogP contribution in [0.5, 0.6) is 0 Å². The van der Waals surface area contributed by atoms with E-state index in [9.17, 15) is 0 Å². The summed E-state index contributed by atoms with van der Waals surface area (Å²) in [6, 6.07) is 13.5. The zero-order chi connectivity index (χ0) is 19.3. The second-order valence-electron chi connectivity index (χ2n) is 8.21. The third-order valence-electron chi connectivity index (χ3n) is 6.24. The van der Waals surface area contributed by atoms with Crippen molar-refractivity contribution in [3.63, 3.8) is 0 Å². The Morgan fingerprint density at radius 2 is 1.11 bits per heavy atom. The number of hydrogen-bond acceptors (Lipinski definition) is 2. The van der Waals surface area contributed by atoms with E-state index < -0.39 is 8.07 Å². The molecular formula is C24H28O2Si. The standard InChI is InChI=1S/C24H28O2Si/c1-15-13-19(25-3)17-9-7-11-21(23(15)17)27(5,6)22-12-8-10-18-20(26-4)14-16(2)24(18)22/h7-16H,1-6H3. The zero-order valence-corrected chi connectivity index (χ0v) is 18.1. The molecule has 0 aromatic heterocycles. The summed E-state index contributed by atoms with van der Waals surface area (Å²) in [6.45, 7) is 9.52. The molecule has 0 heterocycles. The number of hydrogen-bond donors (Lipinski definition) is 0. The van der Waals surface area contributed by atoms with Gasteiger partial charge >= 0.3 is 0 Å². The van der Waals surface area contributed by atoms with Crippen LogP contribution in [0.4, 0.5) is 0 Å². The number of fused-ring (bicyclic) bond motifs is 2. The second-order valence-corrected chi connectivity index (χ2v) is 12.5. The van der Waals surface area contributed by atoms with Gasteiger partial charge < -0.3 is 9.47 Å². The van der Waals surface area contributed by atoms with E-state index >= 15 is 0 Å². The molecular weight excluding hydrogens is 348 g/mol. The lowest BCUT2D eigenvalue weighted by atomic mass is 10.0. The molecule has 2 unspecified atom stereocenters. The third-order valence-corrected chi connectivity index (χ3v) is 9.81. The number of ether oxygens (including phenoxy) is 2. The van der Waals surface area contributed by atoms with Crippen molar-refractivity contribution in [2.75, 3.05) is 14.2 Å². The van der Waals surface area contributed by atoms with Gasteiger partial charge in [0.05, 0.1) is 14.2 Å². The molecule has 0 aliphatic heterocycles. The number of methoxy groups -OCH3 is 2. The molecule has 2 aliphatic carbocycles. The second kappa shape index (κ2) is 6.41. The van der Waals surface area contributed by atoms with Crippen LogP contribution in [0.15, 0.2) is 48.6 Å². The maximum Gasteiger partial charge on any atom is 0.123 e. The van der Waals surface area contributed by atoms with E-state index in [0.717, 1.165) is 11.5 Å². The van der Waals surface area contributed by atoms with Crippen molar-refractivity contribution in [3.8, 4) is 0 Å². The van der Waals surface area contributed by atoms with Crippen LogP contribution in [0.1, 0.15) is 47.9 Å². The lowest BCUT2D eigenvalue weighted by Crippen LogP contribution is -2.56. The van der Waals surface area contributed by atoms with Crippen LogP contribution in [-0.2, 0) is 9.47 Å². The first-order chi connectivity index (χ1) is 12.9. The molecule has 0 saturated heterocycles. The van der Waals surface area contributed by atoms with Crippen molar-refractivity contribution < 1.29 is 9.47 Å². The van der Waals surface area contributed by atoms with Crippen LogP contribution in [0, 0.1) is 0 Å². The normalized spacial score (nSPS) is 20.7. The molecule has 0 fully saturated rings. The Balaban J connectivity index is 1.90. The van der Waals surface area contributed by atoms with Gasteiger partial charge in [0.2, 0.25) is 0 Å². The highest BCUT2D eigenvalue weighted by Crippen LogP contribution is 2.38. The van der Waals surface area contributed by atoms with E-state index in [-0.39, 0.29) is 0 Å². The van der Waals surface area contributed by atoms with Crippen molar-refractivity contribution in [1.82, 2.24) is 0 Å². The molecule has 0 N–H and O–H groups in total. The Hall–Kier alpha value is -2.26.